The molecule has 0 aliphatic rings. The fourth-order valence-electron chi connectivity index (χ4n) is 1.01. The van der Waals surface area contributed by atoms with E-state index in [-0.39, 0.29) is 0 Å². The summed E-state index contributed by atoms with van der Waals surface area (Å²) in [5.74, 6) is 0.322. The molecule has 0 aromatic heterocycles. The molecule has 76 valence electrons. The van der Waals surface area contributed by atoms with E-state index in [1.807, 2.05) is 35.2 Å². The first-order valence-electron chi connectivity index (χ1n) is 4.71. The van der Waals surface area contributed by atoms with Gasteiger partial charge in [-0.1, -0.05) is 18.2 Å². The molecule has 2 rings (SSSR count). The van der Waals surface area contributed by atoms with Crippen molar-refractivity contribution >= 4 is 23.0 Å². The number of rotatable bonds is 1. The van der Waals surface area contributed by atoms with Crippen molar-refractivity contribution in [3.8, 4) is 5.75 Å². The summed E-state index contributed by atoms with van der Waals surface area (Å²) in [5.41, 5.74) is 1.43. The second-order valence-corrected chi connectivity index (χ2v) is 3.88. The number of benzene rings is 2. The van der Waals surface area contributed by atoms with Gasteiger partial charge in [-0.25, -0.2) is 0 Å². The van der Waals surface area contributed by atoms with Gasteiger partial charge in [0.1, 0.15) is 5.75 Å². The summed E-state index contributed by atoms with van der Waals surface area (Å²) >= 11 is 1.84. The Labute approximate surface area is 104 Å². The fourth-order valence-corrected chi connectivity index (χ4v) is 1.61. The van der Waals surface area contributed by atoms with E-state index in [0.717, 1.165) is 0 Å². The molecular weight excluding hydrogens is 294 g/mol. The van der Waals surface area contributed by atoms with Crippen LogP contribution in [0.5, 0.6) is 5.75 Å². The van der Waals surface area contributed by atoms with Crippen LogP contribution in [0.2, 0.25) is 0 Å². The summed E-state index contributed by atoms with van der Waals surface area (Å²) in [6, 6.07) is 19.2. The first-order valence-corrected chi connectivity index (χ1v) is 6.52. The molecular formula is C13H13OSb. The molecule has 0 bridgehead atoms. The molecule has 15 heavy (non-hydrogen) atoms. The predicted octanol–water partition coefficient (Wildman–Crippen LogP) is 2.75. The van der Waals surface area contributed by atoms with Gasteiger partial charge in [0, 0.05) is 0 Å². The second kappa shape index (κ2) is 7.36. The summed E-state index contributed by atoms with van der Waals surface area (Å²) in [7, 11) is 0. The van der Waals surface area contributed by atoms with Gasteiger partial charge in [-0.05, 0) is 12.1 Å². The number of phenolic OH excluding ortho intramolecular Hbond substituents is 1. The maximum absolute atomic E-state index is 8.63. The van der Waals surface area contributed by atoms with Crippen molar-refractivity contribution in [2.75, 3.05) is 0 Å². The van der Waals surface area contributed by atoms with Crippen LogP contribution in [0.25, 0.3) is 0 Å². The Morgan fingerprint density at radius 2 is 1.27 bits per heavy atom. The van der Waals surface area contributed by atoms with Crippen LogP contribution >= 0.6 is 0 Å². The average Bonchev–Trinajstić information content (AvgIpc) is 2.32. The zero-order valence-electron chi connectivity index (χ0n) is 8.38. The molecule has 2 radical (unpaired) electrons. The molecule has 0 aliphatic heterocycles. The van der Waals surface area contributed by atoms with Crippen molar-refractivity contribution in [2.45, 2.75) is 4.37 Å². The maximum atomic E-state index is 8.63. The Hall–Kier alpha value is -0.942. The minimum absolute atomic E-state index is 0.322. The van der Waals surface area contributed by atoms with Crippen LogP contribution in [-0.4, -0.2) is 28.1 Å². The molecule has 2 aromatic rings. The molecule has 0 saturated carbocycles. The third kappa shape index (κ3) is 5.49. The molecule has 0 heterocycles. The molecule has 0 fully saturated rings. The number of aromatic hydroxyl groups is 1. The van der Waals surface area contributed by atoms with Crippen molar-refractivity contribution in [3.63, 3.8) is 0 Å². The van der Waals surface area contributed by atoms with Gasteiger partial charge in [0.25, 0.3) is 0 Å². The van der Waals surface area contributed by atoms with Crippen molar-refractivity contribution < 1.29 is 5.11 Å². The third-order valence-electron chi connectivity index (χ3n) is 1.78. The van der Waals surface area contributed by atoms with Crippen molar-refractivity contribution in [1.82, 2.24) is 0 Å². The van der Waals surface area contributed by atoms with Gasteiger partial charge in [0.2, 0.25) is 0 Å². The van der Waals surface area contributed by atoms with Crippen molar-refractivity contribution in [2.24, 2.45) is 0 Å². The van der Waals surface area contributed by atoms with Gasteiger partial charge in [-0.3, -0.25) is 0 Å². The van der Waals surface area contributed by atoms with E-state index >= 15 is 0 Å². The monoisotopic (exact) mass is 306 g/mol. The Morgan fingerprint density at radius 3 is 1.53 bits per heavy atom. The first-order chi connectivity index (χ1) is 7.33. The summed E-state index contributed by atoms with van der Waals surface area (Å²) < 4.78 is 1.19. The summed E-state index contributed by atoms with van der Waals surface area (Å²) in [6.45, 7) is 0. The summed E-state index contributed by atoms with van der Waals surface area (Å²) in [4.78, 5) is 0. The van der Waals surface area contributed by atoms with Gasteiger partial charge in [-0.15, -0.1) is 0 Å². The van der Waals surface area contributed by atoms with E-state index in [0.29, 0.717) is 5.75 Å². The zero-order chi connectivity index (χ0) is 10.9. The minimum atomic E-state index is 0.322. The molecule has 2 heteroatoms. The van der Waals surface area contributed by atoms with E-state index in [4.69, 9.17) is 5.11 Å². The van der Waals surface area contributed by atoms with Crippen LogP contribution in [0, 0.1) is 0 Å². The first kappa shape index (κ1) is 12.1. The molecule has 0 saturated heterocycles. The summed E-state index contributed by atoms with van der Waals surface area (Å²) in [5, 5.41) is 8.63. The Balaban J connectivity index is 0.000000151. The van der Waals surface area contributed by atoms with Crippen LogP contribution in [0.4, 0.5) is 0 Å². The predicted molar refractivity (Wildman–Crippen MR) is 64.0 cm³/mol. The van der Waals surface area contributed by atoms with Gasteiger partial charge in [-0.2, -0.15) is 0 Å². The second-order valence-electron chi connectivity index (χ2n) is 2.98. The molecule has 0 unspecified atom stereocenters. The van der Waals surface area contributed by atoms with Gasteiger partial charge < -0.3 is 5.11 Å². The van der Waals surface area contributed by atoms with Gasteiger partial charge >= 0.3 is 63.3 Å². The molecule has 0 aliphatic carbocycles. The number of hydrogen-bond donors (Lipinski definition) is 1. The molecule has 1 nitrogen and oxygen atoms in total. The Morgan fingerprint density at radius 1 is 0.800 bits per heavy atom. The molecule has 0 amide bonds. The standard InChI is InChI=1S/C7H7.C6H6O.Sb/c1-7-5-3-2-4-6-7;7-6-4-2-1-3-5-6;/h2-6H,1H2;1-5,7H;. The van der Waals surface area contributed by atoms with E-state index in [2.05, 4.69) is 24.3 Å². The zero-order valence-corrected chi connectivity index (χ0v) is 10.9. The van der Waals surface area contributed by atoms with Crippen LogP contribution in [0.1, 0.15) is 5.56 Å². The SMILES string of the molecule is Oc1ccccc1.[Sb][CH2]c1ccccc1. The number of hydrogen-bond acceptors (Lipinski definition) is 1. The Bertz CT molecular complexity index is 359. The van der Waals surface area contributed by atoms with Crippen molar-refractivity contribution in [3.05, 3.63) is 66.2 Å². The third-order valence-corrected chi connectivity index (χ3v) is 2.82. The average molecular weight is 307 g/mol. The summed E-state index contributed by atoms with van der Waals surface area (Å²) in [6.07, 6.45) is 0. The van der Waals surface area contributed by atoms with Crippen LogP contribution < -0.4 is 0 Å². The Kier molecular flexibility index (Phi) is 5.95. The van der Waals surface area contributed by atoms with E-state index in [1.165, 1.54) is 9.93 Å². The van der Waals surface area contributed by atoms with Crippen LogP contribution in [0.15, 0.2) is 60.7 Å². The van der Waals surface area contributed by atoms with Gasteiger partial charge in [0.05, 0.1) is 0 Å². The van der Waals surface area contributed by atoms with Crippen LogP contribution in [0.3, 0.4) is 0 Å². The molecule has 0 atom stereocenters. The number of para-hydroxylation sites is 1. The van der Waals surface area contributed by atoms with Crippen LogP contribution in [-0.2, 0) is 4.37 Å². The fraction of sp³-hybridized carbons (Fsp3) is 0.0769. The normalized spacial score (nSPS) is 8.87. The molecule has 0 spiro atoms. The van der Waals surface area contributed by atoms with E-state index in [1.54, 1.807) is 24.3 Å². The van der Waals surface area contributed by atoms with E-state index in [9.17, 15) is 0 Å². The topological polar surface area (TPSA) is 20.2 Å². The quantitative estimate of drug-likeness (QED) is 0.803. The van der Waals surface area contributed by atoms with Gasteiger partial charge in [0.15, 0.2) is 0 Å². The molecule has 2 aromatic carbocycles. The van der Waals surface area contributed by atoms with Crippen molar-refractivity contribution in [1.29, 1.82) is 0 Å². The molecule has 1 N–H and O–H groups in total. The van der Waals surface area contributed by atoms with E-state index < -0.39 is 0 Å². The number of phenols is 1.